The summed E-state index contributed by atoms with van der Waals surface area (Å²) in [7, 11) is 0. The zero-order chi connectivity index (χ0) is 22.3. The van der Waals surface area contributed by atoms with Gasteiger partial charge in [-0.2, -0.15) is 0 Å². The van der Waals surface area contributed by atoms with Crippen LogP contribution in [0.25, 0.3) is 0 Å². The normalized spacial score (nSPS) is 16.9. The maximum atomic E-state index is 13.5. The summed E-state index contributed by atoms with van der Waals surface area (Å²) in [5.41, 5.74) is 3.40. The van der Waals surface area contributed by atoms with Gasteiger partial charge in [-0.25, -0.2) is 9.37 Å². The molecule has 164 valence electrons. The van der Waals surface area contributed by atoms with Crippen LogP contribution in [0.15, 0.2) is 64.4 Å². The van der Waals surface area contributed by atoms with Gasteiger partial charge in [0.15, 0.2) is 0 Å². The Balaban J connectivity index is 1.52. The van der Waals surface area contributed by atoms with Gasteiger partial charge in [0.05, 0.1) is 0 Å². The number of hydrogen-bond donors (Lipinski definition) is 1. The lowest BCUT2D eigenvalue weighted by Gasteiger charge is -2.34. The van der Waals surface area contributed by atoms with Crippen LogP contribution >= 0.6 is 23.4 Å². The highest BCUT2D eigenvalue weighted by atomic mass is 35.5. The van der Waals surface area contributed by atoms with Gasteiger partial charge in [0.2, 0.25) is 0 Å². The highest BCUT2D eigenvalue weighted by Gasteiger charge is 2.45. The number of aryl methyl sites for hydroxylation is 1. The van der Waals surface area contributed by atoms with Crippen molar-refractivity contribution in [3.05, 3.63) is 82.4 Å². The largest absolute Gasteiger partial charge is 0.317 e. The molecule has 1 amide bonds. The van der Waals surface area contributed by atoms with Crippen LogP contribution in [0.4, 0.5) is 10.1 Å². The van der Waals surface area contributed by atoms with E-state index < -0.39 is 0 Å². The molecule has 32 heavy (non-hydrogen) atoms. The molecule has 7 heteroatoms. The molecule has 0 radical (unpaired) electrons. The van der Waals surface area contributed by atoms with Crippen molar-refractivity contribution in [3.63, 3.8) is 0 Å². The molecule has 0 aliphatic carbocycles. The Kier molecular flexibility index (Phi) is 5.70. The van der Waals surface area contributed by atoms with Crippen molar-refractivity contribution >= 4 is 35.0 Å². The summed E-state index contributed by atoms with van der Waals surface area (Å²) in [4.78, 5) is 21.7. The fourth-order valence-corrected chi connectivity index (χ4v) is 5.88. The van der Waals surface area contributed by atoms with Crippen LogP contribution in [0.3, 0.4) is 0 Å². The fourth-order valence-electron chi connectivity index (χ4n) is 4.77. The van der Waals surface area contributed by atoms with E-state index in [1.807, 2.05) is 24.0 Å². The molecular weight excluding hydrogens is 445 g/mol. The number of amides is 1. The first-order valence-corrected chi connectivity index (χ1v) is 11.9. The molecule has 0 saturated carbocycles. The summed E-state index contributed by atoms with van der Waals surface area (Å²) in [6.45, 7) is 4.36. The van der Waals surface area contributed by atoms with Gasteiger partial charge >= 0.3 is 0 Å². The Hall–Kier alpha value is -2.41. The molecular formula is C25H23ClFN3OS. The van der Waals surface area contributed by atoms with E-state index in [-0.39, 0.29) is 17.1 Å². The zero-order valence-corrected chi connectivity index (χ0v) is 19.3. The molecule has 3 aromatic rings. The van der Waals surface area contributed by atoms with Crippen LogP contribution in [0.2, 0.25) is 5.15 Å². The number of carbonyl (C=O) groups excluding carboxylic acids is 1. The maximum Gasteiger partial charge on any atom is 0.258 e. The van der Waals surface area contributed by atoms with Gasteiger partial charge in [-0.15, -0.1) is 0 Å². The minimum absolute atomic E-state index is 0.0482. The lowest BCUT2D eigenvalue weighted by molar-refractivity contribution is 0.0982. The molecule has 5 rings (SSSR count). The third-order valence-corrected chi connectivity index (χ3v) is 7.51. The van der Waals surface area contributed by atoms with E-state index in [1.54, 1.807) is 36.0 Å². The van der Waals surface area contributed by atoms with Crippen molar-refractivity contribution in [1.29, 1.82) is 0 Å². The standard InChI is InChI=1S/C25H23ClFN3OS/c1-16-12-17(13-23(26)29-16)24(31)30-15-25(8-10-28-11-9-25)21-14-20(6-7-22(21)30)32-19-4-2-18(27)3-5-19/h2-7,12-14,28H,8-11,15H2,1H3. The number of hydrogen-bond acceptors (Lipinski definition) is 4. The van der Waals surface area contributed by atoms with Crippen molar-refractivity contribution < 1.29 is 9.18 Å². The second-order valence-electron chi connectivity index (χ2n) is 8.48. The van der Waals surface area contributed by atoms with Gasteiger partial charge in [-0.1, -0.05) is 23.4 Å². The fraction of sp³-hybridized carbons (Fsp3) is 0.280. The van der Waals surface area contributed by atoms with E-state index in [0.29, 0.717) is 17.3 Å². The van der Waals surface area contributed by atoms with Crippen LogP contribution in [0.5, 0.6) is 0 Å². The van der Waals surface area contributed by atoms with E-state index in [2.05, 4.69) is 16.4 Å². The van der Waals surface area contributed by atoms with Crippen molar-refractivity contribution in [2.24, 2.45) is 0 Å². The first-order valence-electron chi connectivity index (χ1n) is 10.7. The van der Waals surface area contributed by atoms with E-state index in [4.69, 9.17) is 11.6 Å². The number of nitrogens with zero attached hydrogens (tertiary/aromatic N) is 2. The van der Waals surface area contributed by atoms with Gasteiger partial charge in [0.25, 0.3) is 5.91 Å². The van der Waals surface area contributed by atoms with Gasteiger partial charge in [-0.05, 0) is 93.0 Å². The summed E-state index contributed by atoms with van der Waals surface area (Å²) >= 11 is 7.74. The third kappa shape index (κ3) is 4.03. The second kappa shape index (κ2) is 8.50. The quantitative estimate of drug-likeness (QED) is 0.508. The van der Waals surface area contributed by atoms with Gasteiger partial charge in [-0.3, -0.25) is 4.79 Å². The Labute approximate surface area is 196 Å². The van der Waals surface area contributed by atoms with Crippen LogP contribution in [-0.2, 0) is 5.41 Å². The van der Waals surface area contributed by atoms with Gasteiger partial charge in [0, 0.05) is 38.7 Å². The van der Waals surface area contributed by atoms with Crippen LogP contribution in [0, 0.1) is 12.7 Å². The number of carbonyl (C=O) groups is 1. The molecule has 0 bridgehead atoms. The highest BCUT2D eigenvalue weighted by molar-refractivity contribution is 7.99. The lowest BCUT2D eigenvalue weighted by atomic mass is 9.75. The van der Waals surface area contributed by atoms with Crippen molar-refractivity contribution in [2.75, 3.05) is 24.5 Å². The lowest BCUT2D eigenvalue weighted by Crippen LogP contribution is -2.44. The number of pyridine rings is 1. The highest BCUT2D eigenvalue weighted by Crippen LogP contribution is 2.48. The molecule has 2 aliphatic rings. The predicted molar refractivity (Wildman–Crippen MR) is 126 cm³/mol. The number of halogens is 2. The Bertz CT molecular complexity index is 1160. The maximum absolute atomic E-state index is 13.5. The van der Waals surface area contributed by atoms with Gasteiger partial charge in [0.1, 0.15) is 11.0 Å². The summed E-state index contributed by atoms with van der Waals surface area (Å²) in [6, 6.07) is 16.3. The summed E-state index contributed by atoms with van der Waals surface area (Å²) < 4.78 is 13.3. The SMILES string of the molecule is Cc1cc(C(=O)N2CC3(CCNCC3)c3cc(Sc4ccc(F)cc4)ccc32)cc(Cl)n1. The minimum Gasteiger partial charge on any atom is -0.317 e. The van der Waals surface area contributed by atoms with Crippen molar-refractivity contribution in [3.8, 4) is 0 Å². The molecule has 0 unspecified atom stereocenters. The number of anilines is 1. The average Bonchev–Trinajstić information content (AvgIpc) is 3.08. The van der Waals surface area contributed by atoms with E-state index in [9.17, 15) is 9.18 Å². The minimum atomic E-state index is -0.238. The molecule has 1 spiro atoms. The second-order valence-corrected chi connectivity index (χ2v) is 10.0. The molecule has 3 heterocycles. The van der Waals surface area contributed by atoms with Crippen molar-refractivity contribution in [1.82, 2.24) is 10.3 Å². The van der Waals surface area contributed by atoms with Crippen LogP contribution in [0.1, 0.15) is 34.5 Å². The molecule has 2 aliphatic heterocycles. The Morgan fingerprint density at radius 2 is 1.81 bits per heavy atom. The van der Waals surface area contributed by atoms with E-state index in [1.165, 1.54) is 17.7 Å². The zero-order valence-electron chi connectivity index (χ0n) is 17.7. The molecule has 0 atom stereocenters. The number of piperidine rings is 1. The number of rotatable bonds is 3. The summed E-state index contributed by atoms with van der Waals surface area (Å²) in [5.74, 6) is -0.287. The summed E-state index contributed by atoms with van der Waals surface area (Å²) in [6.07, 6.45) is 1.95. The van der Waals surface area contributed by atoms with Crippen LogP contribution in [-0.4, -0.2) is 30.5 Å². The molecule has 4 nitrogen and oxygen atoms in total. The van der Waals surface area contributed by atoms with Gasteiger partial charge < -0.3 is 10.2 Å². The third-order valence-electron chi connectivity index (χ3n) is 6.32. The molecule has 1 N–H and O–H groups in total. The smallest absolute Gasteiger partial charge is 0.258 e. The number of benzene rings is 2. The van der Waals surface area contributed by atoms with Crippen LogP contribution < -0.4 is 10.2 Å². The van der Waals surface area contributed by atoms with E-state index in [0.717, 1.165) is 47.1 Å². The van der Waals surface area contributed by atoms with E-state index >= 15 is 0 Å². The molecule has 1 aromatic heterocycles. The van der Waals surface area contributed by atoms with Crippen molar-refractivity contribution in [2.45, 2.75) is 35.0 Å². The summed E-state index contributed by atoms with van der Waals surface area (Å²) in [5, 5.41) is 3.78. The number of nitrogens with one attached hydrogen (secondary N) is 1. The first kappa shape index (κ1) is 21.4. The Morgan fingerprint density at radius 1 is 1.09 bits per heavy atom. The predicted octanol–water partition coefficient (Wildman–Crippen LogP) is 5.62. The molecule has 1 fully saturated rings. The first-order chi connectivity index (χ1) is 15.4. The average molecular weight is 468 g/mol. The number of aromatic nitrogens is 1. The molecule has 1 saturated heterocycles. The monoisotopic (exact) mass is 467 g/mol. The Morgan fingerprint density at radius 3 is 2.53 bits per heavy atom. The topological polar surface area (TPSA) is 45.2 Å². The molecule has 2 aromatic carbocycles. The number of fused-ring (bicyclic) bond motifs is 2.